The van der Waals surface area contributed by atoms with Crippen LogP contribution in [0.1, 0.15) is 33.1 Å². The molecule has 1 rings (SSSR count). The lowest BCUT2D eigenvalue weighted by Crippen LogP contribution is -2.52. The van der Waals surface area contributed by atoms with Crippen LogP contribution in [0.25, 0.3) is 0 Å². The highest BCUT2D eigenvalue weighted by Crippen LogP contribution is 2.40. The molecule has 0 aliphatic heterocycles. The molecule has 1 fully saturated rings. The van der Waals surface area contributed by atoms with E-state index in [1.165, 1.54) is 0 Å². The van der Waals surface area contributed by atoms with Crippen LogP contribution >= 0.6 is 0 Å². The normalized spacial score (nSPS) is 36.9. The van der Waals surface area contributed by atoms with Crippen LogP contribution in [0.3, 0.4) is 0 Å². The first-order chi connectivity index (χ1) is 5.06. The van der Waals surface area contributed by atoms with Gasteiger partial charge >= 0.3 is 0 Å². The molecule has 0 amide bonds. The fourth-order valence-corrected chi connectivity index (χ4v) is 2.13. The Labute approximate surface area is 69.7 Å². The summed E-state index contributed by atoms with van der Waals surface area (Å²) >= 11 is 0. The third-order valence-corrected chi connectivity index (χ3v) is 2.49. The predicted octanol–water partition coefficient (Wildman–Crippen LogP) is 2.33. The maximum atomic E-state index is 6.12. The number of rotatable bonds is 3. The zero-order valence-electron chi connectivity index (χ0n) is 7.64. The minimum absolute atomic E-state index is 0.146. The number of hydrogen-bond acceptors (Lipinski definition) is 1. The van der Waals surface area contributed by atoms with Gasteiger partial charge in [0.2, 0.25) is 0 Å². The van der Waals surface area contributed by atoms with Crippen molar-refractivity contribution in [1.82, 2.24) is 0 Å². The first-order valence-electron chi connectivity index (χ1n) is 4.47. The van der Waals surface area contributed by atoms with Gasteiger partial charge in [-0.1, -0.05) is 19.9 Å². The third-order valence-electron chi connectivity index (χ3n) is 2.49. The summed E-state index contributed by atoms with van der Waals surface area (Å²) < 4.78 is 0. The van der Waals surface area contributed by atoms with Crippen molar-refractivity contribution in [3.8, 4) is 0 Å². The Morgan fingerprint density at radius 3 is 2.55 bits per heavy atom. The molecule has 0 saturated heterocycles. The van der Waals surface area contributed by atoms with Crippen LogP contribution < -0.4 is 5.73 Å². The van der Waals surface area contributed by atoms with Gasteiger partial charge in [0, 0.05) is 5.54 Å². The van der Waals surface area contributed by atoms with Crippen molar-refractivity contribution >= 4 is 0 Å². The maximum absolute atomic E-state index is 6.12. The van der Waals surface area contributed by atoms with Crippen molar-refractivity contribution in [3.63, 3.8) is 0 Å². The Bertz CT molecular complexity index is 143. The van der Waals surface area contributed by atoms with E-state index in [9.17, 15) is 0 Å². The molecule has 1 saturated carbocycles. The van der Waals surface area contributed by atoms with E-state index in [4.69, 9.17) is 5.73 Å². The highest BCUT2D eigenvalue weighted by Gasteiger charge is 2.39. The van der Waals surface area contributed by atoms with E-state index in [-0.39, 0.29) is 5.54 Å². The molecule has 11 heavy (non-hydrogen) atoms. The topological polar surface area (TPSA) is 26.0 Å². The van der Waals surface area contributed by atoms with Gasteiger partial charge in [0.1, 0.15) is 0 Å². The highest BCUT2D eigenvalue weighted by atomic mass is 14.8. The van der Waals surface area contributed by atoms with Crippen LogP contribution in [0.15, 0.2) is 12.7 Å². The van der Waals surface area contributed by atoms with Crippen molar-refractivity contribution in [2.24, 2.45) is 17.6 Å². The summed E-state index contributed by atoms with van der Waals surface area (Å²) in [6, 6.07) is 0. The highest BCUT2D eigenvalue weighted by molar-refractivity contribution is 5.04. The lowest BCUT2D eigenvalue weighted by Gasteiger charge is -2.45. The quantitative estimate of drug-likeness (QED) is 0.619. The van der Waals surface area contributed by atoms with Gasteiger partial charge in [-0.3, -0.25) is 0 Å². The van der Waals surface area contributed by atoms with E-state index in [1.54, 1.807) is 0 Å². The molecule has 0 bridgehead atoms. The molecule has 0 spiro atoms. The fourth-order valence-electron chi connectivity index (χ4n) is 2.13. The molecule has 0 atom stereocenters. The molecule has 0 radical (unpaired) electrons. The zero-order chi connectivity index (χ0) is 8.48. The zero-order valence-corrected chi connectivity index (χ0v) is 7.64. The first kappa shape index (κ1) is 8.79. The van der Waals surface area contributed by atoms with Crippen LogP contribution in [-0.4, -0.2) is 5.54 Å². The lowest BCUT2D eigenvalue weighted by atomic mass is 9.65. The molecule has 0 aromatic rings. The monoisotopic (exact) mass is 153 g/mol. The van der Waals surface area contributed by atoms with Crippen molar-refractivity contribution < 1.29 is 0 Å². The first-order valence-corrected chi connectivity index (χ1v) is 4.47. The standard InChI is InChI=1S/C10H19N/c1-4-9-6-10(11,7-9)5-8(2)3/h4,8-9H,1,5-7,11H2,2-3H3. The number of allylic oxidation sites excluding steroid dienone is 1. The second kappa shape index (κ2) is 2.98. The van der Waals surface area contributed by atoms with E-state index in [0.717, 1.165) is 25.2 Å². The summed E-state index contributed by atoms with van der Waals surface area (Å²) in [7, 11) is 0. The Morgan fingerprint density at radius 1 is 1.64 bits per heavy atom. The lowest BCUT2D eigenvalue weighted by molar-refractivity contribution is 0.154. The van der Waals surface area contributed by atoms with E-state index in [0.29, 0.717) is 5.92 Å². The molecule has 1 nitrogen and oxygen atoms in total. The number of hydrogen-bond donors (Lipinski definition) is 1. The van der Waals surface area contributed by atoms with Gasteiger partial charge in [-0.25, -0.2) is 0 Å². The predicted molar refractivity (Wildman–Crippen MR) is 49.3 cm³/mol. The van der Waals surface area contributed by atoms with Crippen molar-refractivity contribution in [2.45, 2.75) is 38.6 Å². The maximum Gasteiger partial charge on any atom is 0.0168 e. The summed E-state index contributed by atoms with van der Waals surface area (Å²) in [5.74, 6) is 1.42. The Morgan fingerprint density at radius 2 is 2.18 bits per heavy atom. The molecule has 1 heteroatoms. The molecule has 0 unspecified atom stereocenters. The van der Waals surface area contributed by atoms with E-state index in [1.807, 2.05) is 6.08 Å². The molecular formula is C10H19N. The van der Waals surface area contributed by atoms with Crippen LogP contribution in [-0.2, 0) is 0 Å². The van der Waals surface area contributed by atoms with Gasteiger partial charge in [0.25, 0.3) is 0 Å². The van der Waals surface area contributed by atoms with Gasteiger partial charge in [-0.15, -0.1) is 6.58 Å². The van der Waals surface area contributed by atoms with Crippen LogP contribution in [0, 0.1) is 11.8 Å². The summed E-state index contributed by atoms with van der Waals surface area (Å²) in [6.07, 6.45) is 5.49. The average Bonchev–Trinajstić information content (AvgIpc) is 1.80. The van der Waals surface area contributed by atoms with Crippen molar-refractivity contribution in [2.75, 3.05) is 0 Å². The van der Waals surface area contributed by atoms with Crippen LogP contribution in [0.4, 0.5) is 0 Å². The summed E-state index contributed by atoms with van der Waals surface area (Å²) in [4.78, 5) is 0. The molecule has 0 aromatic heterocycles. The smallest absolute Gasteiger partial charge is 0.0168 e. The van der Waals surface area contributed by atoms with Crippen LogP contribution in [0.2, 0.25) is 0 Å². The van der Waals surface area contributed by atoms with E-state index >= 15 is 0 Å². The van der Waals surface area contributed by atoms with E-state index < -0.39 is 0 Å². The molecule has 0 aromatic carbocycles. The largest absolute Gasteiger partial charge is 0.325 e. The number of nitrogens with two attached hydrogens (primary N) is 1. The minimum atomic E-state index is 0.146. The fraction of sp³-hybridized carbons (Fsp3) is 0.800. The Balaban J connectivity index is 2.30. The van der Waals surface area contributed by atoms with Gasteiger partial charge in [-0.05, 0) is 31.1 Å². The average molecular weight is 153 g/mol. The van der Waals surface area contributed by atoms with Gasteiger partial charge < -0.3 is 5.73 Å². The third kappa shape index (κ3) is 2.06. The molecule has 0 heterocycles. The van der Waals surface area contributed by atoms with Gasteiger partial charge in [0.15, 0.2) is 0 Å². The molecule has 64 valence electrons. The van der Waals surface area contributed by atoms with E-state index in [2.05, 4.69) is 20.4 Å². The summed E-state index contributed by atoms with van der Waals surface area (Å²) in [5.41, 5.74) is 6.27. The van der Waals surface area contributed by atoms with Crippen molar-refractivity contribution in [1.29, 1.82) is 0 Å². The van der Waals surface area contributed by atoms with Crippen LogP contribution in [0.5, 0.6) is 0 Å². The summed E-state index contributed by atoms with van der Waals surface area (Å²) in [5, 5.41) is 0. The van der Waals surface area contributed by atoms with Gasteiger partial charge in [0.05, 0.1) is 0 Å². The molecule has 1 aliphatic carbocycles. The minimum Gasteiger partial charge on any atom is -0.325 e. The van der Waals surface area contributed by atoms with Gasteiger partial charge in [-0.2, -0.15) is 0 Å². The Kier molecular flexibility index (Phi) is 2.38. The molecule has 1 aliphatic rings. The summed E-state index contributed by atoms with van der Waals surface area (Å²) in [6.45, 7) is 8.24. The Hall–Kier alpha value is -0.300. The second-order valence-electron chi connectivity index (χ2n) is 4.36. The second-order valence-corrected chi connectivity index (χ2v) is 4.36. The molecule has 2 N–H and O–H groups in total. The van der Waals surface area contributed by atoms with Crippen molar-refractivity contribution in [3.05, 3.63) is 12.7 Å². The SMILES string of the molecule is C=CC1CC(N)(CC(C)C)C1. The molecular weight excluding hydrogens is 134 g/mol.